The molecule has 11 heteroatoms. The third-order valence-electron chi connectivity index (χ3n) is 5.50. The van der Waals surface area contributed by atoms with Gasteiger partial charge in [0.15, 0.2) is 5.76 Å². The summed E-state index contributed by atoms with van der Waals surface area (Å²) in [4.78, 5) is 14.9. The van der Waals surface area contributed by atoms with E-state index in [1.807, 2.05) is 11.8 Å². The summed E-state index contributed by atoms with van der Waals surface area (Å²) in [7, 11) is -2.18. The average Bonchev–Trinajstić information content (AvgIpc) is 3.08. The van der Waals surface area contributed by atoms with Crippen LogP contribution in [0.2, 0.25) is 5.02 Å². The van der Waals surface area contributed by atoms with Crippen LogP contribution >= 0.6 is 11.6 Å². The summed E-state index contributed by atoms with van der Waals surface area (Å²) in [6.45, 7) is 8.23. The van der Waals surface area contributed by atoms with E-state index in [9.17, 15) is 13.2 Å². The highest BCUT2D eigenvalue weighted by molar-refractivity contribution is 7.89. The Labute approximate surface area is 187 Å². The van der Waals surface area contributed by atoms with E-state index >= 15 is 0 Å². The standard InChI is InChI=1S/C20H27ClN4O5S/c1-12-10-17(18(29-5)11-16(12)21)22-20(26)14(3)24-6-8-25(9-7-24)31(27,28)19-13(2)23-30-15(19)4/h10-11,14H,6-9H2,1-5H3,(H,22,26). The molecule has 0 aliphatic carbocycles. The average molecular weight is 471 g/mol. The third kappa shape index (κ3) is 4.72. The summed E-state index contributed by atoms with van der Waals surface area (Å²) in [6, 6.07) is 2.97. The van der Waals surface area contributed by atoms with Crippen molar-refractivity contribution < 1.29 is 22.5 Å². The zero-order valence-electron chi connectivity index (χ0n) is 18.2. The zero-order chi connectivity index (χ0) is 22.9. The third-order valence-corrected chi connectivity index (χ3v) is 8.06. The SMILES string of the molecule is COc1cc(Cl)c(C)cc1NC(=O)C(C)N1CCN(S(=O)(=O)c2c(C)noc2C)CC1. The van der Waals surface area contributed by atoms with E-state index in [4.69, 9.17) is 20.9 Å². The fraction of sp³-hybridized carbons (Fsp3) is 0.500. The summed E-state index contributed by atoms with van der Waals surface area (Å²) in [6.07, 6.45) is 0. The molecule has 170 valence electrons. The first-order valence-electron chi connectivity index (χ1n) is 9.88. The number of piperazine rings is 1. The molecular formula is C20H27ClN4O5S. The van der Waals surface area contributed by atoms with Crippen molar-refractivity contribution in [2.24, 2.45) is 0 Å². The van der Waals surface area contributed by atoms with Crippen molar-refractivity contribution in [3.63, 3.8) is 0 Å². The second-order valence-corrected chi connectivity index (χ2v) is 9.84. The van der Waals surface area contributed by atoms with Gasteiger partial charge in [0, 0.05) is 37.3 Å². The molecule has 1 amide bonds. The van der Waals surface area contributed by atoms with E-state index in [1.54, 1.807) is 32.9 Å². The lowest BCUT2D eigenvalue weighted by Crippen LogP contribution is -2.54. The van der Waals surface area contributed by atoms with Crippen LogP contribution in [0.15, 0.2) is 21.6 Å². The van der Waals surface area contributed by atoms with Crippen LogP contribution in [0.5, 0.6) is 5.75 Å². The van der Waals surface area contributed by atoms with Crippen LogP contribution in [-0.4, -0.2) is 68.0 Å². The van der Waals surface area contributed by atoms with Crippen LogP contribution in [0.3, 0.4) is 0 Å². The highest BCUT2D eigenvalue weighted by Gasteiger charge is 2.35. The maximum atomic E-state index is 13.0. The minimum atomic E-state index is -3.69. The zero-order valence-corrected chi connectivity index (χ0v) is 19.8. The number of methoxy groups -OCH3 is 1. The molecular weight excluding hydrogens is 444 g/mol. The Hall–Kier alpha value is -2.14. The van der Waals surface area contributed by atoms with Crippen LogP contribution in [0.4, 0.5) is 5.69 Å². The van der Waals surface area contributed by atoms with Crippen LogP contribution in [0.25, 0.3) is 0 Å². The van der Waals surface area contributed by atoms with E-state index in [1.165, 1.54) is 11.4 Å². The number of amides is 1. The molecule has 1 saturated heterocycles. The van der Waals surface area contributed by atoms with Crippen molar-refractivity contribution in [1.29, 1.82) is 0 Å². The second-order valence-electron chi connectivity index (χ2n) is 7.56. The lowest BCUT2D eigenvalue weighted by Gasteiger charge is -2.36. The topological polar surface area (TPSA) is 105 Å². The molecule has 1 atom stereocenters. The van der Waals surface area contributed by atoms with Crippen LogP contribution in [-0.2, 0) is 14.8 Å². The molecule has 0 bridgehead atoms. The smallest absolute Gasteiger partial charge is 0.248 e. The van der Waals surface area contributed by atoms with Gasteiger partial charge < -0.3 is 14.6 Å². The summed E-state index contributed by atoms with van der Waals surface area (Å²) in [5.41, 5.74) is 1.71. The highest BCUT2D eigenvalue weighted by Crippen LogP contribution is 2.31. The van der Waals surface area contributed by atoms with Crippen molar-refractivity contribution >= 4 is 33.2 Å². The molecule has 0 radical (unpaired) electrons. The number of sulfonamides is 1. The van der Waals surface area contributed by atoms with Crippen molar-refractivity contribution in [2.45, 2.75) is 38.6 Å². The second kappa shape index (κ2) is 9.15. The van der Waals surface area contributed by atoms with Gasteiger partial charge in [-0.3, -0.25) is 9.69 Å². The summed E-state index contributed by atoms with van der Waals surface area (Å²) < 4.78 is 37.7. The van der Waals surface area contributed by atoms with Gasteiger partial charge in [-0.25, -0.2) is 8.42 Å². The molecule has 1 aromatic heterocycles. The molecule has 1 fully saturated rings. The molecule has 1 unspecified atom stereocenters. The van der Waals surface area contributed by atoms with Gasteiger partial charge >= 0.3 is 0 Å². The molecule has 9 nitrogen and oxygen atoms in total. The number of hydrogen-bond acceptors (Lipinski definition) is 7. The monoisotopic (exact) mass is 470 g/mol. The molecule has 31 heavy (non-hydrogen) atoms. The van der Waals surface area contributed by atoms with Crippen LogP contribution in [0.1, 0.15) is 23.9 Å². The number of ether oxygens (including phenoxy) is 1. The number of benzene rings is 1. The van der Waals surface area contributed by atoms with E-state index in [-0.39, 0.29) is 29.7 Å². The maximum absolute atomic E-state index is 13.0. The number of nitrogens with one attached hydrogen (secondary N) is 1. The number of aromatic nitrogens is 1. The Balaban J connectivity index is 1.66. The highest BCUT2D eigenvalue weighted by atomic mass is 35.5. The van der Waals surface area contributed by atoms with Gasteiger partial charge in [-0.1, -0.05) is 16.8 Å². The Morgan fingerprint density at radius 1 is 1.23 bits per heavy atom. The summed E-state index contributed by atoms with van der Waals surface area (Å²) >= 11 is 6.13. The molecule has 2 heterocycles. The van der Waals surface area contributed by atoms with E-state index in [0.717, 1.165) is 5.56 Å². The number of aryl methyl sites for hydroxylation is 3. The number of carbonyl (C=O) groups excluding carboxylic acids is 1. The number of carbonyl (C=O) groups is 1. The lowest BCUT2D eigenvalue weighted by molar-refractivity contribution is -0.121. The number of hydrogen-bond donors (Lipinski definition) is 1. The van der Waals surface area contributed by atoms with Crippen LogP contribution in [0, 0.1) is 20.8 Å². The van der Waals surface area contributed by atoms with Gasteiger partial charge in [0.1, 0.15) is 16.3 Å². The molecule has 1 aromatic carbocycles. The number of halogens is 1. The van der Waals surface area contributed by atoms with Gasteiger partial charge in [-0.15, -0.1) is 0 Å². The predicted molar refractivity (Wildman–Crippen MR) is 117 cm³/mol. The first-order valence-corrected chi connectivity index (χ1v) is 11.7. The van der Waals surface area contributed by atoms with Gasteiger partial charge in [0.25, 0.3) is 0 Å². The van der Waals surface area contributed by atoms with Crippen molar-refractivity contribution in [3.8, 4) is 5.75 Å². The molecule has 3 rings (SSSR count). The summed E-state index contributed by atoms with van der Waals surface area (Å²) in [5, 5.41) is 7.19. The van der Waals surface area contributed by atoms with Crippen molar-refractivity contribution in [2.75, 3.05) is 38.6 Å². The number of rotatable bonds is 6. The largest absolute Gasteiger partial charge is 0.495 e. The Bertz CT molecular complexity index is 1060. The predicted octanol–water partition coefficient (Wildman–Crippen LogP) is 2.60. The molecule has 0 spiro atoms. The first-order chi connectivity index (χ1) is 14.6. The van der Waals surface area contributed by atoms with Crippen molar-refractivity contribution in [3.05, 3.63) is 34.2 Å². The fourth-order valence-corrected chi connectivity index (χ4v) is 5.50. The fourth-order valence-electron chi connectivity index (χ4n) is 3.64. The Morgan fingerprint density at radius 2 is 1.87 bits per heavy atom. The maximum Gasteiger partial charge on any atom is 0.248 e. The normalized spacial score (nSPS) is 16.8. The van der Waals surface area contributed by atoms with E-state index in [2.05, 4.69) is 10.5 Å². The minimum Gasteiger partial charge on any atom is -0.495 e. The molecule has 1 aliphatic heterocycles. The van der Waals surface area contributed by atoms with Gasteiger partial charge in [0.2, 0.25) is 15.9 Å². The van der Waals surface area contributed by atoms with E-state index in [0.29, 0.717) is 35.2 Å². The Morgan fingerprint density at radius 3 is 2.42 bits per heavy atom. The van der Waals surface area contributed by atoms with Crippen molar-refractivity contribution in [1.82, 2.24) is 14.4 Å². The lowest BCUT2D eigenvalue weighted by atomic mass is 10.1. The molecule has 0 saturated carbocycles. The molecule has 1 N–H and O–H groups in total. The first kappa shape index (κ1) is 23.5. The van der Waals surface area contributed by atoms with E-state index < -0.39 is 16.1 Å². The molecule has 2 aromatic rings. The van der Waals surface area contributed by atoms with Gasteiger partial charge in [-0.2, -0.15) is 4.31 Å². The quantitative estimate of drug-likeness (QED) is 0.691. The number of nitrogens with zero attached hydrogens (tertiary/aromatic N) is 3. The summed E-state index contributed by atoms with van der Waals surface area (Å²) in [5.74, 6) is 0.549. The number of anilines is 1. The minimum absolute atomic E-state index is 0.122. The van der Waals surface area contributed by atoms with Gasteiger partial charge in [0.05, 0.1) is 18.8 Å². The molecule has 1 aliphatic rings. The van der Waals surface area contributed by atoms with Gasteiger partial charge in [-0.05, 0) is 39.3 Å². The van der Waals surface area contributed by atoms with Crippen LogP contribution < -0.4 is 10.1 Å². The Kier molecular flexibility index (Phi) is 6.95.